The molecule has 0 saturated carbocycles. The van der Waals surface area contributed by atoms with E-state index in [9.17, 15) is 0 Å². The normalized spacial score (nSPS) is 10.9. The van der Waals surface area contributed by atoms with E-state index in [0.717, 1.165) is 31.7 Å². The number of nitrogens with one attached hydrogen (secondary N) is 1. The van der Waals surface area contributed by atoms with E-state index in [0.29, 0.717) is 0 Å². The van der Waals surface area contributed by atoms with Crippen molar-refractivity contribution in [2.75, 3.05) is 18.0 Å². The van der Waals surface area contributed by atoms with Gasteiger partial charge in [-0.2, -0.15) is 5.10 Å². The highest BCUT2D eigenvalue weighted by Gasteiger charge is 2.19. The minimum Gasteiger partial charge on any atom is -0.327 e. The van der Waals surface area contributed by atoms with E-state index >= 15 is 0 Å². The van der Waals surface area contributed by atoms with Crippen LogP contribution in [0.1, 0.15) is 31.5 Å². The fourth-order valence-electron chi connectivity index (χ4n) is 2.69. The van der Waals surface area contributed by atoms with Gasteiger partial charge in [-0.15, -0.1) is 0 Å². The van der Waals surface area contributed by atoms with Gasteiger partial charge in [0.2, 0.25) is 0 Å². The van der Waals surface area contributed by atoms with Gasteiger partial charge in [0.15, 0.2) is 0 Å². The van der Waals surface area contributed by atoms with Gasteiger partial charge in [0.25, 0.3) is 0 Å². The van der Waals surface area contributed by atoms with Gasteiger partial charge in [0.1, 0.15) is 5.82 Å². The molecular formula is C17H26N4. The Morgan fingerprint density at radius 2 is 1.90 bits per heavy atom. The molecule has 0 amide bonds. The van der Waals surface area contributed by atoms with Crippen molar-refractivity contribution < 1.29 is 0 Å². The first-order valence-corrected chi connectivity index (χ1v) is 7.74. The summed E-state index contributed by atoms with van der Waals surface area (Å²) in [7, 11) is 2.03. The molecule has 1 aromatic heterocycles. The van der Waals surface area contributed by atoms with Crippen LogP contribution in [0.15, 0.2) is 30.3 Å². The molecule has 1 heterocycles. The Kier molecular flexibility index (Phi) is 5.39. The maximum atomic E-state index is 4.62. The predicted molar refractivity (Wildman–Crippen MR) is 89.1 cm³/mol. The third kappa shape index (κ3) is 3.45. The maximum Gasteiger partial charge on any atom is 0.135 e. The van der Waals surface area contributed by atoms with Gasteiger partial charge >= 0.3 is 0 Å². The van der Waals surface area contributed by atoms with Crippen molar-refractivity contribution >= 4 is 11.5 Å². The van der Waals surface area contributed by atoms with E-state index in [1.807, 2.05) is 11.7 Å². The number of nitrogens with zero attached hydrogens (tertiary/aromatic N) is 3. The molecule has 4 nitrogen and oxygen atoms in total. The smallest absolute Gasteiger partial charge is 0.135 e. The molecule has 0 aliphatic carbocycles. The molecule has 0 bridgehead atoms. The van der Waals surface area contributed by atoms with E-state index in [-0.39, 0.29) is 0 Å². The van der Waals surface area contributed by atoms with Crippen LogP contribution in [0.2, 0.25) is 0 Å². The van der Waals surface area contributed by atoms with Gasteiger partial charge in [-0.3, -0.25) is 4.68 Å². The van der Waals surface area contributed by atoms with Crippen LogP contribution in [0.25, 0.3) is 0 Å². The summed E-state index contributed by atoms with van der Waals surface area (Å²) in [5.41, 5.74) is 3.60. The van der Waals surface area contributed by atoms with E-state index in [1.54, 1.807) is 0 Å². The molecule has 0 radical (unpaired) electrons. The molecule has 1 N–H and O–H groups in total. The minimum atomic E-state index is 0.867. The summed E-state index contributed by atoms with van der Waals surface area (Å²) >= 11 is 0. The summed E-state index contributed by atoms with van der Waals surface area (Å²) in [6.45, 7) is 9.28. The van der Waals surface area contributed by atoms with Crippen molar-refractivity contribution in [1.29, 1.82) is 0 Å². The Morgan fingerprint density at radius 1 is 1.19 bits per heavy atom. The van der Waals surface area contributed by atoms with Crippen molar-refractivity contribution in [3.63, 3.8) is 0 Å². The zero-order valence-corrected chi connectivity index (χ0v) is 13.6. The second-order valence-electron chi connectivity index (χ2n) is 5.27. The largest absolute Gasteiger partial charge is 0.327 e. The highest BCUT2D eigenvalue weighted by molar-refractivity contribution is 5.64. The molecule has 0 spiro atoms. The Balaban J connectivity index is 2.36. The van der Waals surface area contributed by atoms with Crippen LogP contribution in [0.4, 0.5) is 11.5 Å². The molecule has 1 aromatic carbocycles. The summed E-state index contributed by atoms with van der Waals surface area (Å²) in [4.78, 5) is 2.32. The Labute approximate surface area is 127 Å². The number of hydrogen-bond donors (Lipinski definition) is 1. The SMILES string of the molecule is CCCNCc1c(C)nn(C)c1N(CC)c1ccccc1. The number of anilines is 2. The standard InChI is InChI=1S/C17H26N4/c1-5-12-18-13-16-14(3)19-20(4)17(16)21(6-2)15-10-8-7-9-11-15/h7-11,18H,5-6,12-13H2,1-4H3. The molecule has 4 heteroatoms. The first-order chi connectivity index (χ1) is 10.2. The first-order valence-electron chi connectivity index (χ1n) is 7.74. The van der Waals surface area contributed by atoms with E-state index in [2.05, 4.69) is 66.4 Å². The highest BCUT2D eigenvalue weighted by atomic mass is 15.4. The van der Waals surface area contributed by atoms with E-state index < -0.39 is 0 Å². The zero-order chi connectivity index (χ0) is 15.2. The Hall–Kier alpha value is -1.81. The molecule has 0 aliphatic rings. The molecule has 0 atom stereocenters. The lowest BCUT2D eigenvalue weighted by molar-refractivity contribution is 0.672. The van der Waals surface area contributed by atoms with Gasteiger partial charge in [-0.25, -0.2) is 0 Å². The molecule has 0 unspecified atom stereocenters. The van der Waals surface area contributed by atoms with E-state index in [4.69, 9.17) is 0 Å². The third-order valence-electron chi connectivity index (χ3n) is 3.68. The molecule has 2 aromatic rings. The van der Waals surface area contributed by atoms with Gasteiger partial charge in [-0.05, 0) is 38.9 Å². The van der Waals surface area contributed by atoms with Crippen molar-refractivity contribution in [3.8, 4) is 0 Å². The number of aryl methyl sites for hydroxylation is 2. The van der Waals surface area contributed by atoms with Crippen molar-refractivity contribution in [3.05, 3.63) is 41.6 Å². The van der Waals surface area contributed by atoms with Crippen LogP contribution in [0, 0.1) is 6.92 Å². The van der Waals surface area contributed by atoms with Crippen molar-refractivity contribution in [2.45, 2.75) is 33.7 Å². The van der Waals surface area contributed by atoms with Crippen LogP contribution < -0.4 is 10.2 Å². The van der Waals surface area contributed by atoms with Crippen LogP contribution >= 0.6 is 0 Å². The third-order valence-corrected chi connectivity index (χ3v) is 3.68. The monoisotopic (exact) mass is 286 g/mol. The molecule has 0 aliphatic heterocycles. The van der Waals surface area contributed by atoms with Crippen LogP contribution in [0.3, 0.4) is 0 Å². The molecule has 0 saturated heterocycles. The predicted octanol–water partition coefficient (Wildman–Crippen LogP) is 3.39. The van der Waals surface area contributed by atoms with Crippen molar-refractivity contribution in [1.82, 2.24) is 15.1 Å². The maximum absolute atomic E-state index is 4.62. The van der Waals surface area contributed by atoms with Crippen LogP contribution in [-0.2, 0) is 13.6 Å². The molecule has 21 heavy (non-hydrogen) atoms. The van der Waals surface area contributed by atoms with Gasteiger partial charge in [-0.1, -0.05) is 25.1 Å². The van der Waals surface area contributed by atoms with E-state index in [1.165, 1.54) is 17.1 Å². The quantitative estimate of drug-likeness (QED) is 0.792. The lowest BCUT2D eigenvalue weighted by Crippen LogP contribution is -2.22. The minimum absolute atomic E-state index is 0.867. The summed E-state index contributed by atoms with van der Waals surface area (Å²) in [6.07, 6.45) is 1.14. The number of para-hydroxylation sites is 1. The second-order valence-corrected chi connectivity index (χ2v) is 5.27. The lowest BCUT2D eigenvalue weighted by Gasteiger charge is -2.24. The van der Waals surface area contributed by atoms with Gasteiger partial charge in [0, 0.05) is 31.4 Å². The topological polar surface area (TPSA) is 33.1 Å². The number of aromatic nitrogens is 2. The average molecular weight is 286 g/mol. The van der Waals surface area contributed by atoms with Gasteiger partial charge < -0.3 is 10.2 Å². The summed E-state index contributed by atoms with van der Waals surface area (Å²) in [5, 5.41) is 8.12. The molecular weight excluding hydrogens is 260 g/mol. The molecule has 2 rings (SSSR count). The fraction of sp³-hybridized carbons (Fsp3) is 0.471. The van der Waals surface area contributed by atoms with Crippen LogP contribution in [-0.4, -0.2) is 22.9 Å². The lowest BCUT2D eigenvalue weighted by atomic mass is 10.2. The fourth-order valence-corrected chi connectivity index (χ4v) is 2.69. The van der Waals surface area contributed by atoms with Gasteiger partial charge in [0.05, 0.1) is 5.69 Å². The molecule has 0 fully saturated rings. The first kappa shape index (κ1) is 15.6. The Morgan fingerprint density at radius 3 is 2.52 bits per heavy atom. The zero-order valence-electron chi connectivity index (χ0n) is 13.6. The summed E-state index contributed by atoms with van der Waals surface area (Å²) < 4.78 is 1.99. The number of benzene rings is 1. The number of hydrogen-bond acceptors (Lipinski definition) is 3. The second kappa shape index (κ2) is 7.27. The van der Waals surface area contributed by atoms with Crippen molar-refractivity contribution in [2.24, 2.45) is 7.05 Å². The average Bonchev–Trinajstić information content (AvgIpc) is 2.77. The number of rotatable bonds is 7. The summed E-state index contributed by atoms with van der Waals surface area (Å²) in [5.74, 6) is 1.19. The summed E-state index contributed by atoms with van der Waals surface area (Å²) in [6, 6.07) is 10.5. The Bertz CT molecular complexity index is 560. The molecule has 114 valence electrons. The van der Waals surface area contributed by atoms with Crippen LogP contribution in [0.5, 0.6) is 0 Å². The highest BCUT2D eigenvalue weighted by Crippen LogP contribution is 2.29.